The molecule has 0 unspecified atom stereocenters. The zero-order valence-electron chi connectivity index (χ0n) is 17.7. The number of nitrogens with one attached hydrogen (secondary N) is 1. The van der Waals surface area contributed by atoms with Crippen LogP contribution in [-0.2, 0) is 17.8 Å². The summed E-state index contributed by atoms with van der Waals surface area (Å²) in [7, 11) is 0. The molecule has 0 saturated carbocycles. The van der Waals surface area contributed by atoms with Gasteiger partial charge in [0.2, 0.25) is 17.6 Å². The summed E-state index contributed by atoms with van der Waals surface area (Å²) in [6.07, 6.45) is 0.678. The van der Waals surface area contributed by atoms with E-state index in [1.807, 2.05) is 62.4 Å². The number of ether oxygens (including phenoxy) is 1. The second-order valence-electron chi connectivity index (χ2n) is 7.12. The number of hydrogen-bond donors (Lipinski definition) is 1. The molecule has 4 aromatic rings. The van der Waals surface area contributed by atoms with Gasteiger partial charge in [-0.2, -0.15) is 4.98 Å². The third-order valence-electron chi connectivity index (χ3n) is 4.96. The highest BCUT2D eigenvalue weighted by Gasteiger charge is 2.11. The minimum atomic E-state index is -0.0529. The van der Waals surface area contributed by atoms with E-state index in [9.17, 15) is 4.79 Å². The molecular weight excluding hydrogens is 394 g/mol. The number of rotatable bonds is 9. The summed E-state index contributed by atoms with van der Waals surface area (Å²) in [6, 6.07) is 15.5. The second kappa shape index (κ2) is 9.42. The van der Waals surface area contributed by atoms with Crippen molar-refractivity contribution in [3.63, 3.8) is 0 Å². The molecule has 2 aromatic heterocycles. The van der Waals surface area contributed by atoms with Gasteiger partial charge < -0.3 is 19.1 Å². The van der Waals surface area contributed by atoms with E-state index >= 15 is 0 Å². The molecule has 2 aromatic carbocycles. The molecule has 1 amide bonds. The summed E-state index contributed by atoms with van der Waals surface area (Å²) < 4.78 is 12.8. The number of imidazole rings is 1. The third-order valence-corrected chi connectivity index (χ3v) is 4.96. The number of aromatic nitrogens is 4. The van der Waals surface area contributed by atoms with E-state index in [-0.39, 0.29) is 12.3 Å². The van der Waals surface area contributed by atoms with Crippen molar-refractivity contribution in [1.29, 1.82) is 0 Å². The number of carbonyl (C=O) groups is 1. The average molecular weight is 419 g/mol. The van der Waals surface area contributed by atoms with Gasteiger partial charge in [0.05, 0.1) is 17.6 Å². The van der Waals surface area contributed by atoms with Gasteiger partial charge in [0.25, 0.3) is 0 Å². The van der Waals surface area contributed by atoms with Gasteiger partial charge in [0, 0.05) is 31.5 Å². The van der Waals surface area contributed by atoms with E-state index in [0.717, 1.165) is 28.2 Å². The molecule has 0 saturated heterocycles. The molecule has 1 N–H and O–H groups in total. The van der Waals surface area contributed by atoms with Crippen molar-refractivity contribution in [1.82, 2.24) is 25.0 Å². The monoisotopic (exact) mass is 419 g/mol. The van der Waals surface area contributed by atoms with E-state index in [1.165, 1.54) is 0 Å². The van der Waals surface area contributed by atoms with Crippen LogP contribution in [0.3, 0.4) is 0 Å². The summed E-state index contributed by atoms with van der Waals surface area (Å²) >= 11 is 0. The molecule has 0 aliphatic rings. The van der Waals surface area contributed by atoms with Crippen LogP contribution >= 0.6 is 0 Å². The quantitative estimate of drug-likeness (QED) is 0.446. The van der Waals surface area contributed by atoms with Gasteiger partial charge in [0.15, 0.2) is 0 Å². The maximum Gasteiger partial charge on any atom is 0.227 e. The first kappa shape index (κ1) is 20.6. The summed E-state index contributed by atoms with van der Waals surface area (Å²) in [5.41, 5.74) is 2.87. The number of para-hydroxylation sites is 2. The van der Waals surface area contributed by atoms with Crippen molar-refractivity contribution in [2.45, 2.75) is 33.2 Å². The lowest BCUT2D eigenvalue weighted by Gasteiger charge is -2.08. The summed E-state index contributed by atoms with van der Waals surface area (Å²) in [5, 5.41) is 6.95. The number of hydrogen-bond acceptors (Lipinski definition) is 6. The highest BCUT2D eigenvalue weighted by atomic mass is 16.5. The molecule has 0 radical (unpaired) electrons. The Balaban J connectivity index is 1.26. The smallest absolute Gasteiger partial charge is 0.227 e. The number of benzene rings is 2. The summed E-state index contributed by atoms with van der Waals surface area (Å²) in [5.74, 6) is 2.62. The van der Waals surface area contributed by atoms with Gasteiger partial charge in [-0.05, 0) is 50.2 Å². The van der Waals surface area contributed by atoms with E-state index in [4.69, 9.17) is 9.26 Å². The molecule has 0 bridgehead atoms. The maximum absolute atomic E-state index is 12.2. The first-order chi connectivity index (χ1) is 15.1. The topological polar surface area (TPSA) is 95.1 Å². The van der Waals surface area contributed by atoms with Crippen LogP contribution in [0.4, 0.5) is 0 Å². The van der Waals surface area contributed by atoms with Gasteiger partial charge in [-0.1, -0.05) is 17.3 Å². The first-order valence-corrected chi connectivity index (χ1v) is 10.4. The van der Waals surface area contributed by atoms with E-state index < -0.39 is 0 Å². The molecule has 160 valence electrons. The molecule has 0 aliphatic carbocycles. The van der Waals surface area contributed by atoms with Crippen LogP contribution in [0, 0.1) is 6.92 Å². The minimum Gasteiger partial charge on any atom is -0.494 e. The van der Waals surface area contributed by atoms with Crippen LogP contribution in [0.5, 0.6) is 5.75 Å². The molecule has 4 rings (SSSR count). The Morgan fingerprint density at radius 1 is 1.13 bits per heavy atom. The van der Waals surface area contributed by atoms with Crippen molar-refractivity contribution in [3.8, 4) is 17.1 Å². The lowest BCUT2D eigenvalue weighted by molar-refractivity contribution is -0.121. The first-order valence-electron chi connectivity index (χ1n) is 10.4. The zero-order chi connectivity index (χ0) is 21.6. The standard InChI is InChI=1S/C23H25N5O3/c1-3-30-18-10-8-17(9-11-18)23-26-22(31-27-23)13-12-21(29)24-14-15-28-16(2)25-19-6-4-5-7-20(19)28/h4-11H,3,12-15H2,1-2H3,(H,24,29). The fraction of sp³-hybridized carbons (Fsp3) is 0.304. The largest absolute Gasteiger partial charge is 0.494 e. The molecule has 8 nitrogen and oxygen atoms in total. The van der Waals surface area contributed by atoms with Crippen LogP contribution in [0.1, 0.15) is 25.1 Å². The van der Waals surface area contributed by atoms with E-state index in [1.54, 1.807) is 0 Å². The molecule has 0 spiro atoms. The normalized spacial score (nSPS) is 11.0. The van der Waals surface area contributed by atoms with Crippen molar-refractivity contribution >= 4 is 16.9 Å². The summed E-state index contributed by atoms with van der Waals surface area (Å²) in [6.45, 7) is 5.73. The molecule has 0 fully saturated rings. The van der Waals surface area contributed by atoms with Gasteiger partial charge >= 0.3 is 0 Å². The van der Waals surface area contributed by atoms with Crippen LogP contribution in [0.25, 0.3) is 22.4 Å². The van der Waals surface area contributed by atoms with Crippen molar-refractivity contribution in [3.05, 3.63) is 60.2 Å². The SMILES string of the molecule is CCOc1ccc(-c2noc(CCC(=O)NCCn3c(C)nc4ccccc43)n2)cc1. The third kappa shape index (κ3) is 4.91. The molecule has 0 aliphatic heterocycles. The molecule has 2 heterocycles. The van der Waals surface area contributed by atoms with E-state index in [2.05, 4.69) is 25.0 Å². The number of amides is 1. The lowest BCUT2D eigenvalue weighted by Crippen LogP contribution is -2.27. The molecule has 8 heteroatoms. The number of fused-ring (bicyclic) bond motifs is 1. The zero-order valence-corrected chi connectivity index (χ0v) is 17.7. The predicted octanol–water partition coefficient (Wildman–Crippen LogP) is 3.54. The van der Waals surface area contributed by atoms with Crippen molar-refractivity contribution in [2.75, 3.05) is 13.2 Å². The van der Waals surface area contributed by atoms with Crippen LogP contribution in [0.2, 0.25) is 0 Å². The van der Waals surface area contributed by atoms with Gasteiger partial charge in [-0.3, -0.25) is 4.79 Å². The number of aryl methyl sites for hydroxylation is 2. The number of nitrogens with zero attached hydrogens (tertiary/aromatic N) is 4. The fourth-order valence-electron chi connectivity index (χ4n) is 3.43. The van der Waals surface area contributed by atoms with Crippen LogP contribution < -0.4 is 10.1 Å². The highest BCUT2D eigenvalue weighted by Crippen LogP contribution is 2.20. The summed E-state index contributed by atoms with van der Waals surface area (Å²) in [4.78, 5) is 21.2. The molecule has 0 atom stereocenters. The van der Waals surface area contributed by atoms with Crippen LogP contribution in [-0.4, -0.2) is 38.8 Å². The minimum absolute atomic E-state index is 0.0529. The highest BCUT2D eigenvalue weighted by molar-refractivity contribution is 5.77. The Labute approximate surface area is 180 Å². The predicted molar refractivity (Wildman–Crippen MR) is 117 cm³/mol. The Morgan fingerprint density at radius 3 is 2.74 bits per heavy atom. The number of carbonyl (C=O) groups excluding carboxylic acids is 1. The van der Waals surface area contributed by atoms with Crippen molar-refractivity contribution < 1.29 is 14.1 Å². The molecule has 31 heavy (non-hydrogen) atoms. The van der Waals surface area contributed by atoms with Gasteiger partial charge in [-0.25, -0.2) is 4.98 Å². The maximum atomic E-state index is 12.2. The van der Waals surface area contributed by atoms with Gasteiger partial charge in [0.1, 0.15) is 11.6 Å². The van der Waals surface area contributed by atoms with Crippen LogP contribution in [0.15, 0.2) is 53.1 Å². The second-order valence-corrected chi connectivity index (χ2v) is 7.12. The lowest BCUT2D eigenvalue weighted by atomic mass is 10.2. The molecular formula is C23H25N5O3. The average Bonchev–Trinajstić information content (AvgIpc) is 3.38. The Morgan fingerprint density at radius 2 is 1.94 bits per heavy atom. The Bertz CT molecular complexity index is 1160. The van der Waals surface area contributed by atoms with E-state index in [0.29, 0.717) is 37.8 Å². The van der Waals surface area contributed by atoms with Gasteiger partial charge in [-0.15, -0.1) is 0 Å². The fourth-order valence-corrected chi connectivity index (χ4v) is 3.43. The van der Waals surface area contributed by atoms with Crippen molar-refractivity contribution in [2.24, 2.45) is 0 Å². The Hall–Kier alpha value is -3.68. The Kier molecular flexibility index (Phi) is 6.26.